The first-order chi connectivity index (χ1) is 13.0. The summed E-state index contributed by atoms with van der Waals surface area (Å²) in [7, 11) is 2.04. The number of piperidine rings is 1. The molecule has 0 unspecified atom stereocenters. The number of carbonyl (C=O) groups is 2. The summed E-state index contributed by atoms with van der Waals surface area (Å²) in [6.45, 7) is 1.81. The molecule has 2 N–H and O–H groups in total. The topological polar surface area (TPSA) is 73.8 Å². The van der Waals surface area contributed by atoms with Crippen LogP contribution in [0.1, 0.15) is 23.2 Å². The maximum absolute atomic E-state index is 13.8. The van der Waals surface area contributed by atoms with Crippen molar-refractivity contribution in [1.82, 2.24) is 15.5 Å². The lowest BCUT2D eigenvalue weighted by atomic mass is 10.1. The summed E-state index contributed by atoms with van der Waals surface area (Å²) in [4.78, 5) is 27.2. The van der Waals surface area contributed by atoms with Crippen molar-refractivity contribution in [3.63, 3.8) is 0 Å². The predicted octanol–water partition coefficient (Wildman–Crippen LogP) is 2.97. The van der Waals surface area contributed by atoms with E-state index in [4.69, 9.17) is 0 Å². The van der Waals surface area contributed by atoms with Gasteiger partial charge in [-0.1, -0.05) is 6.07 Å². The lowest BCUT2D eigenvalue weighted by Crippen LogP contribution is -2.47. The molecule has 0 saturated carbocycles. The van der Waals surface area contributed by atoms with Gasteiger partial charge in [-0.25, -0.2) is 12.0 Å². The molecule has 10 heteroatoms. The minimum Gasteiger partial charge on any atom is -0.348 e. The molecule has 0 spiro atoms. The number of hydrogen-bond acceptors (Lipinski definition) is 4. The second kappa shape index (κ2) is 9.37. The van der Waals surface area contributed by atoms with Crippen LogP contribution in [0, 0.1) is 11.6 Å². The fourth-order valence-electron chi connectivity index (χ4n) is 2.76. The van der Waals surface area contributed by atoms with Crippen LogP contribution in [-0.4, -0.2) is 48.6 Å². The highest BCUT2D eigenvalue weighted by Gasteiger charge is 2.26. The fraction of sp³-hybridized carbons (Fsp3) is 0.353. The Hall–Kier alpha value is -1.15. The van der Waals surface area contributed by atoms with Gasteiger partial charge in [0.15, 0.2) is 5.71 Å². The minimum atomic E-state index is -0.944. The quantitative estimate of drug-likeness (QED) is 0.522. The van der Waals surface area contributed by atoms with Gasteiger partial charge in [-0.05, 0) is 61.7 Å². The number of carbonyl (C=O) groups excluding carboxylic acids is 2. The van der Waals surface area contributed by atoms with E-state index >= 15 is 0 Å². The number of halogens is 4. The molecule has 0 bridgehead atoms. The Bertz CT molecular complexity index is 829. The van der Waals surface area contributed by atoms with Gasteiger partial charge in [0.1, 0.15) is 17.2 Å². The zero-order chi connectivity index (χ0) is 19.4. The Labute approximate surface area is 171 Å². The molecule has 1 fully saturated rings. The predicted molar refractivity (Wildman–Crippen MR) is 116 cm³/mol. The molecule has 0 aromatic heterocycles. The molecule has 1 aromatic rings. The number of nitrogens with zero attached hydrogens (tertiary/aromatic N) is 2. The minimum absolute atomic E-state index is 0.0622. The SMILES string of the molecule is CN1CCC(NC(=O)C2=NI=IC=C2NC(=O)c2c(F)cccc2F)CC1. The van der Waals surface area contributed by atoms with Gasteiger partial charge >= 0.3 is 0 Å². The van der Waals surface area contributed by atoms with Crippen LogP contribution in [0.3, 0.4) is 0 Å². The molecule has 2 aliphatic heterocycles. The van der Waals surface area contributed by atoms with Crippen molar-refractivity contribution in [3.05, 3.63) is 45.2 Å². The molecular weight excluding hydrogens is 584 g/mol. The zero-order valence-corrected chi connectivity index (χ0v) is 18.8. The van der Waals surface area contributed by atoms with E-state index in [1.165, 1.54) is 6.07 Å². The first-order valence-electron chi connectivity index (χ1n) is 8.26. The van der Waals surface area contributed by atoms with Crippen molar-refractivity contribution < 1.29 is 18.4 Å². The average Bonchev–Trinajstić information content (AvgIpc) is 2.64. The molecule has 146 valence electrons. The maximum atomic E-state index is 13.8. The average molecular weight is 602 g/mol. The Kier molecular flexibility index (Phi) is 7.14. The Morgan fingerprint density at radius 2 is 1.85 bits per heavy atom. The summed E-state index contributed by atoms with van der Waals surface area (Å²) in [5, 5.41) is 5.45. The third-order valence-electron chi connectivity index (χ3n) is 4.27. The van der Waals surface area contributed by atoms with Crippen molar-refractivity contribution in [1.29, 1.82) is 0 Å². The van der Waals surface area contributed by atoms with E-state index in [0.717, 1.165) is 38.1 Å². The Morgan fingerprint density at radius 3 is 2.52 bits per heavy atom. The van der Waals surface area contributed by atoms with E-state index < -0.39 is 40.0 Å². The summed E-state index contributed by atoms with van der Waals surface area (Å²) >= 11 is -0.810. The molecule has 1 aromatic carbocycles. The van der Waals surface area contributed by atoms with Gasteiger partial charge in [0.2, 0.25) is 0 Å². The lowest BCUT2D eigenvalue weighted by Gasteiger charge is -2.29. The highest BCUT2D eigenvalue weighted by atomic mass is 128. The van der Waals surface area contributed by atoms with Crippen molar-refractivity contribution in [2.45, 2.75) is 18.9 Å². The number of amides is 2. The third-order valence-corrected chi connectivity index (χ3v) is 10.2. The number of nitrogens with one attached hydrogen (secondary N) is 2. The standard InChI is InChI=1S/C17H18F2I2N4O2/c1-25-7-5-10(6-8-25)22-17(27)15-13(9-20-21-24-15)23-16(26)14-11(18)3-2-4-12(14)19/h2-4,9-10H,5-8H2,1H3,(H,22,27)(H,23,26). The van der Waals surface area contributed by atoms with Crippen molar-refractivity contribution in [2.75, 3.05) is 20.1 Å². The van der Waals surface area contributed by atoms with Crippen molar-refractivity contribution in [2.24, 2.45) is 3.21 Å². The van der Waals surface area contributed by atoms with E-state index in [2.05, 4.69) is 18.7 Å². The van der Waals surface area contributed by atoms with Crippen LogP contribution in [0.5, 0.6) is 0 Å². The number of rotatable bonds is 4. The molecule has 0 aliphatic carbocycles. The van der Waals surface area contributed by atoms with E-state index in [1.807, 2.05) is 7.05 Å². The normalized spacial score (nSPS) is 18.5. The van der Waals surface area contributed by atoms with Crippen LogP contribution in [-0.2, 0) is 4.79 Å². The first-order valence-corrected chi connectivity index (χ1v) is 16.8. The molecule has 1 saturated heterocycles. The number of hydrogen-bond donors (Lipinski definition) is 2. The van der Waals surface area contributed by atoms with E-state index in [1.54, 1.807) is 4.08 Å². The van der Waals surface area contributed by atoms with Crippen LogP contribution in [0.4, 0.5) is 8.78 Å². The maximum Gasteiger partial charge on any atom is 0.272 e. The molecule has 0 radical (unpaired) electrons. The Balaban J connectivity index is 1.70. The van der Waals surface area contributed by atoms with Crippen molar-refractivity contribution in [3.8, 4) is 0 Å². The fourth-order valence-corrected chi connectivity index (χ4v) is 8.53. The highest BCUT2D eigenvalue weighted by molar-refractivity contribution is 14.8. The molecule has 6 nitrogen and oxygen atoms in total. The van der Waals surface area contributed by atoms with Crippen LogP contribution in [0.15, 0.2) is 31.2 Å². The Morgan fingerprint density at radius 1 is 1.19 bits per heavy atom. The van der Waals surface area contributed by atoms with Gasteiger partial charge in [-0.2, -0.15) is 0 Å². The summed E-state index contributed by atoms with van der Waals surface area (Å²) in [5.41, 5.74) is -0.239. The molecule has 0 atom stereocenters. The van der Waals surface area contributed by atoms with Gasteiger partial charge in [-0.3, -0.25) is 9.59 Å². The van der Waals surface area contributed by atoms with Gasteiger partial charge in [0.05, 0.1) is 22.6 Å². The van der Waals surface area contributed by atoms with Crippen LogP contribution in [0.25, 0.3) is 0 Å². The number of benzene rings is 1. The van der Waals surface area contributed by atoms with Gasteiger partial charge in [0, 0.05) is 10.1 Å². The van der Waals surface area contributed by atoms with E-state index in [-0.39, 0.29) is 40.0 Å². The summed E-state index contributed by atoms with van der Waals surface area (Å²) in [5.74, 6) is -3.14. The summed E-state index contributed by atoms with van der Waals surface area (Å²) in [6, 6.07) is 3.30. The summed E-state index contributed by atoms with van der Waals surface area (Å²) < 4.78 is 33.8. The lowest BCUT2D eigenvalue weighted by molar-refractivity contribution is -0.115. The van der Waals surface area contributed by atoms with Crippen molar-refractivity contribution >= 4 is 51.0 Å². The molecular formula is C17H18F2I2N4O2. The van der Waals surface area contributed by atoms with Gasteiger partial charge in [-0.15, -0.1) is 0 Å². The van der Waals surface area contributed by atoms with Gasteiger partial charge < -0.3 is 15.5 Å². The molecule has 27 heavy (non-hydrogen) atoms. The van der Waals surface area contributed by atoms with Crippen LogP contribution >= 0.6 is 33.5 Å². The van der Waals surface area contributed by atoms with Crippen LogP contribution < -0.4 is 10.6 Å². The smallest absolute Gasteiger partial charge is 0.272 e. The van der Waals surface area contributed by atoms with E-state index in [9.17, 15) is 18.4 Å². The first kappa shape index (κ1) is 20.6. The van der Waals surface area contributed by atoms with Gasteiger partial charge in [0.25, 0.3) is 11.8 Å². The third kappa shape index (κ3) is 5.22. The molecule has 2 amide bonds. The van der Waals surface area contributed by atoms with Crippen LogP contribution in [0.2, 0.25) is 0 Å². The second-order valence-electron chi connectivity index (χ2n) is 6.20. The largest absolute Gasteiger partial charge is 0.348 e. The molecule has 2 aliphatic rings. The zero-order valence-electron chi connectivity index (χ0n) is 14.4. The molecule has 3 rings (SSSR count). The highest BCUT2D eigenvalue weighted by Crippen LogP contribution is 2.27. The number of likely N-dealkylation sites (tertiary alicyclic amines) is 1. The summed E-state index contributed by atoms with van der Waals surface area (Å²) in [6.07, 6.45) is 1.70. The van der Waals surface area contributed by atoms with E-state index in [0.29, 0.717) is 0 Å². The second-order valence-corrected chi connectivity index (χ2v) is 13.7. The molecule has 2 heterocycles. The monoisotopic (exact) mass is 602 g/mol.